The van der Waals surface area contributed by atoms with Crippen LogP contribution in [0.5, 0.6) is 0 Å². The minimum atomic E-state index is -0.102. The fourth-order valence-corrected chi connectivity index (χ4v) is 3.97. The SMILES string of the molecule is CCN1CCC[C@H]1CNC(=O)c1ccc(N(N)/C=C(\N)C(=N)c2cc(C)ccc2N)cc1. The van der Waals surface area contributed by atoms with Crippen molar-refractivity contribution in [3.8, 4) is 0 Å². The average Bonchev–Trinajstić information content (AvgIpc) is 3.26. The molecule has 1 amide bonds. The largest absolute Gasteiger partial charge is 0.398 e. The zero-order valence-corrected chi connectivity index (χ0v) is 18.8. The van der Waals surface area contributed by atoms with E-state index in [1.807, 2.05) is 19.1 Å². The highest BCUT2D eigenvalue weighted by molar-refractivity contribution is 6.13. The molecule has 1 atom stereocenters. The third kappa shape index (κ3) is 5.46. The third-order valence-electron chi connectivity index (χ3n) is 5.88. The standard InChI is InChI=1S/C24H33N7O/c1-3-30-12-4-5-19(30)14-29-24(32)17-7-9-18(10-8-17)31(28)15-22(26)23(27)20-13-16(2)6-11-21(20)25/h6-11,13,15,19,27H,3-5,12,14,25-26,28H2,1-2H3,(H,29,32)/b22-15-,27-23?/t19-/m0/s1. The molecule has 8 heteroatoms. The van der Waals surface area contributed by atoms with Gasteiger partial charge in [0.1, 0.15) is 0 Å². The van der Waals surface area contributed by atoms with E-state index in [0.29, 0.717) is 35.1 Å². The predicted octanol–water partition coefficient (Wildman–Crippen LogP) is 2.34. The quantitative estimate of drug-likeness (QED) is 0.187. The van der Waals surface area contributed by atoms with Gasteiger partial charge in [-0.15, -0.1) is 0 Å². The second-order valence-corrected chi connectivity index (χ2v) is 8.14. The monoisotopic (exact) mass is 435 g/mol. The van der Waals surface area contributed by atoms with E-state index in [4.69, 9.17) is 22.7 Å². The van der Waals surface area contributed by atoms with Crippen molar-refractivity contribution in [3.63, 3.8) is 0 Å². The lowest BCUT2D eigenvalue weighted by Crippen LogP contribution is -2.40. The summed E-state index contributed by atoms with van der Waals surface area (Å²) in [6, 6.07) is 12.8. The Balaban J connectivity index is 1.62. The molecule has 1 fully saturated rings. The number of aryl methyl sites for hydroxylation is 1. The third-order valence-corrected chi connectivity index (χ3v) is 5.88. The van der Waals surface area contributed by atoms with E-state index in [2.05, 4.69) is 17.1 Å². The summed E-state index contributed by atoms with van der Waals surface area (Å²) < 4.78 is 0. The average molecular weight is 436 g/mol. The Labute approximate surface area is 189 Å². The van der Waals surface area contributed by atoms with E-state index >= 15 is 0 Å². The van der Waals surface area contributed by atoms with Gasteiger partial charge in [-0.2, -0.15) is 0 Å². The summed E-state index contributed by atoms with van der Waals surface area (Å²) in [7, 11) is 0. The van der Waals surface area contributed by atoms with Gasteiger partial charge in [0, 0.05) is 35.6 Å². The van der Waals surface area contributed by atoms with Crippen LogP contribution >= 0.6 is 0 Å². The minimum Gasteiger partial charge on any atom is -0.398 e. The van der Waals surface area contributed by atoms with Crippen LogP contribution in [0, 0.1) is 12.3 Å². The zero-order valence-electron chi connectivity index (χ0n) is 18.8. The molecule has 0 unspecified atom stereocenters. The van der Waals surface area contributed by atoms with Crippen molar-refractivity contribution < 1.29 is 4.79 Å². The molecule has 8 N–H and O–H groups in total. The Morgan fingerprint density at radius 1 is 1.28 bits per heavy atom. The van der Waals surface area contributed by atoms with Crippen molar-refractivity contribution in [2.24, 2.45) is 11.6 Å². The van der Waals surface area contributed by atoms with Crippen molar-refractivity contribution in [1.82, 2.24) is 10.2 Å². The lowest BCUT2D eigenvalue weighted by atomic mass is 10.0. The van der Waals surface area contributed by atoms with E-state index in [9.17, 15) is 4.79 Å². The number of carbonyl (C=O) groups is 1. The molecule has 0 spiro atoms. The van der Waals surface area contributed by atoms with Gasteiger partial charge in [0.2, 0.25) is 0 Å². The fraction of sp³-hybridized carbons (Fsp3) is 0.333. The summed E-state index contributed by atoms with van der Waals surface area (Å²) in [5.74, 6) is 6.02. The highest BCUT2D eigenvalue weighted by Gasteiger charge is 2.23. The molecule has 0 saturated carbocycles. The van der Waals surface area contributed by atoms with E-state index in [0.717, 1.165) is 25.1 Å². The van der Waals surface area contributed by atoms with Crippen LogP contribution in [0.1, 0.15) is 41.3 Å². The number of nitrogens with two attached hydrogens (primary N) is 3. The number of hydrogen-bond donors (Lipinski definition) is 5. The molecular weight excluding hydrogens is 402 g/mol. The summed E-state index contributed by atoms with van der Waals surface area (Å²) in [4.78, 5) is 14.9. The van der Waals surface area contributed by atoms with Gasteiger partial charge in [-0.1, -0.05) is 18.6 Å². The van der Waals surface area contributed by atoms with Gasteiger partial charge < -0.3 is 16.8 Å². The van der Waals surface area contributed by atoms with E-state index in [-0.39, 0.29) is 17.3 Å². The first kappa shape index (κ1) is 23.3. The van der Waals surface area contributed by atoms with Crippen molar-refractivity contribution in [2.45, 2.75) is 32.7 Å². The van der Waals surface area contributed by atoms with Gasteiger partial charge in [-0.25, -0.2) is 5.84 Å². The van der Waals surface area contributed by atoms with Crippen LogP contribution < -0.4 is 27.6 Å². The van der Waals surface area contributed by atoms with Crippen molar-refractivity contribution in [2.75, 3.05) is 30.4 Å². The summed E-state index contributed by atoms with van der Waals surface area (Å²) >= 11 is 0. The van der Waals surface area contributed by atoms with Crippen LogP contribution in [0.4, 0.5) is 11.4 Å². The first-order valence-corrected chi connectivity index (χ1v) is 10.9. The van der Waals surface area contributed by atoms with Crippen LogP contribution in [0.15, 0.2) is 54.4 Å². The second-order valence-electron chi connectivity index (χ2n) is 8.14. The molecule has 8 nitrogen and oxygen atoms in total. The molecule has 0 bridgehead atoms. The maximum atomic E-state index is 12.5. The summed E-state index contributed by atoms with van der Waals surface area (Å²) in [6.45, 7) is 6.84. The Morgan fingerprint density at radius 3 is 2.69 bits per heavy atom. The smallest absolute Gasteiger partial charge is 0.251 e. The number of anilines is 2. The summed E-state index contributed by atoms with van der Waals surface area (Å²) in [5.41, 5.74) is 15.6. The number of hydrazine groups is 1. The van der Waals surface area contributed by atoms with Gasteiger partial charge in [-0.3, -0.25) is 20.1 Å². The molecule has 170 valence electrons. The van der Waals surface area contributed by atoms with Crippen LogP contribution in [0.2, 0.25) is 0 Å². The molecule has 0 radical (unpaired) electrons. The number of rotatable bonds is 8. The molecule has 2 aromatic rings. The first-order valence-electron chi connectivity index (χ1n) is 10.9. The number of hydrogen-bond acceptors (Lipinski definition) is 7. The fourth-order valence-electron chi connectivity index (χ4n) is 3.97. The number of benzene rings is 2. The molecule has 1 saturated heterocycles. The van der Waals surface area contributed by atoms with E-state index < -0.39 is 0 Å². The molecule has 0 aromatic heterocycles. The predicted molar refractivity (Wildman–Crippen MR) is 130 cm³/mol. The van der Waals surface area contributed by atoms with Crippen molar-refractivity contribution >= 4 is 23.0 Å². The number of nitrogen functional groups attached to an aromatic ring is 1. The van der Waals surface area contributed by atoms with E-state index in [1.54, 1.807) is 30.3 Å². The lowest BCUT2D eigenvalue weighted by Gasteiger charge is -2.23. The normalized spacial score (nSPS) is 16.7. The first-order chi connectivity index (χ1) is 15.3. The Kier molecular flexibility index (Phi) is 7.50. The Bertz CT molecular complexity index is 1000. The van der Waals surface area contributed by atoms with Gasteiger partial charge in [0.05, 0.1) is 17.1 Å². The molecule has 3 rings (SSSR count). The lowest BCUT2D eigenvalue weighted by molar-refractivity contribution is 0.0941. The van der Waals surface area contributed by atoms with Crippen molar-refractivity contribution in [3.05, 3.63) is 71.1 Å². The highest BCUT2D eigenvalue weighted by atomic mass is 16.1. The molecule has 2 aromatic carbocycles. The number of amides is 1. The number of allylic oxidation sites excluding steroid dienone is 1. The van der Waals surface area contributed by atoms with Gasteiger partial charge in [0.15, 0.2) is 0 Å². The van der Waals surface area contributed by atoms with Crippen LogP contribution in [-0.4, -0.2) is 42.2 Å². The Morgan fingerprint density at radius 2 is 2.00 bits per heavy atom. The maximum absolute atomic E-state index is 12.5. The second kappa shape index (κ2) is 10.3. The zero-order chi connectivity index (χ0) is 23.3. The number of likely N-dealkylation sites (N-methyl/N-ethyl adjacent to an activating group) is 1. The number of carbonyl (C=O) groups excluding carboxylic acids is 1. The maximum Gasteiger partial charge on any atom is 0.251 e. The van der Waals surface area contributed by atoms with E-state index in [1.165, 1.54) is 17.6 Å². The highest BCUT2D eigenvalue weighted by Crippen LogP contribution is 2.19. The van der Waals surface area contributed by atoms with Gasteiger partial charge >= 0.3 is 0 Å². The van der Waals surface area contributed by atoms with Crippen LogP contribution in [0.25, 0.3) is 0 Å². The minimum absolute atomic E-state index is 0.102. The van der Waals surface area contributed by atoms with Gasteiger partial charge in [0.25, 0.3) is 5.91 Å². The number of nitrogens with zero attached hydrogens (tertiary/aromatic N) is 2. The molecule has 1 aliphatic heterocycles. The summed E-state index contributed by atoms with van der Waals surface area (Å²) in [6.07, 6.45) is 3.77. The van der Waals surface area contributed by atoms with Crippen LogP contribution in [-0.2, 0) is 0 Å². The molecule has 32 heavy (non-hydrogen) atoms. The topological polar surface area (TPSA) is 137 Å². The molecular formula is C24H33N7O. The Hall–Kier alpha value is -3.36. The molecule has 1 aliphatic rings. The molecule has 1 heterocycles. The van der Waals surface area contributed by atoms with Crippen molar-refractivity contribution in [1.29, 1.82) is 5.41 Å². The van der Waals surface area contributed by atoms with Crippen LogP contribution in [0.3, 0.4) is 0 Å². The number of nitrogens with one attached hydrogen (secondary N) is 2. The summed E-state index contributed by atoms with van der Waals surface area (Å²) in [5, 5.41) is 12.7. The van der Waals surface area contributed by atoms with Gasteiger partial charge in [-0.05, 0) is 69.3 Å². The molecule has 0 aliphatic carbocycles. The number of likely N-dealkylation sites (tertiary alicyclic amines) is 1.